The molecule has 0 radical (unpaired) electrons. The van der Waals surface area contributed by atoms with Gasteiger partial charge in [0.1, 0.15) is 0 Å². The van der Waals surface area contributed by atoms with Gasteiger partial charge < -0.3 is 9.64 Å². The van der Waals surface area contributed by atoms with Crippen LogP contribution in [0.25, 0.3) is 0 Å². The van der Waals surface area contributed by atoms with Gasteiger partial charge in [-0.05, 0) is 26.2 Å². The van der Waals surface area contributed by atoms with E-state index in [9.17, 15) is 4.79 Å². The molecule has 1 fully saturated rings. The summed E-state index contributed by atoms with van der Waals surface area (Å²) in [5.41, 5.74) is 0. The Bertz CT molecular complexity index is 188. The molecule has 0 N–H and O–H groups in total. The molecule has 0 aromatic heterocycles. The van der Waals surface area contributed by atoms with Gasteiger partial charge in [0.25, 0.3) is 0 Å². The van der Waals surface area contributed by atoms with E-state index >= 15 is 0 Å². The SMILES string of the molecule is CCCCO[C@H](C)CC(=O)N1CCCC1. The minimum atomic E-state index is 0.0737. The lowest BCUT2D eigenvalue weighted by Gasteiger charge is -2.18. The number of hydrogen-bond donors (Lipinski definition) is 0. The van der Waals surface area contributed by atoms with Gasteiger partial charge in [-0.1, -0.05) is 13.3 Å². The van der Waals surface area contributed by atoms with Gasteiger partial charge in [-0.2, -0.15) is 0 Å². The van der Waals surface area contributed by atoms with Crippen molar-refractivity contribution >= 4 is 5.91 Å². The van der Waals surface area contributed by atoms with Crippen molar-refractivity contribution in [1.82, 2.24) is 4.90 Å². The molecule has 15 heavy (non-hydrogen) atoms. The summed E-state index contributed by atoms with van der Waals surface area (Å²) in [5, 5.41) is 0. The summed E-state index contributed by atoms with van der Waals surface area (Å²) >= 11 is 0. The van der Waals surface area contributed by atoms with Crippen LogP contribution in [0.3, 0.4) is 0 Å². The minimum absolute atomic E-state index is 0.0737. The van der Waals surface area contributed by atoms with Gasteiger partial charge in [0.15, 0.2) is 0 Å². The zero-order valence-corrected chi connectivity index (χ0v) is 10.00. The van der Waals surface area contributed by atoms with E-state index in [2.05, 4.69) is 6.92 Å². The smallest absolute Gasteiger partial charge is 0.225 e. The van der Waals surface area contributed by atoms with E-state index in [-0.39, 0.29) is 12.0 Å². The molecule has 0 bridgehead atoms. The lowest BCUT2D eigenvalue weighted by Crippen LogP contribution is -2.30. The van der Waals surface area contributed by atoms with Crippen LogP contribution in [0.15, 0.2) is 0 Å². The lowest BCUT2D eigenvalue weighted by atomic mass is 10.2. The second kappa shape index (κ2) is 6.83. The summed E-state index contributed by atoms with van der Waals surface area (Å²) in [7, 11) is 0. The summed E-state index contributed by atoms with van der Waals surface area (Å²) in [5.74, 6) is 0.261. The Hall–Kier alpha value is -0.570. The molecule has 88 valence electrons. The number of ether oxygens (including phenoxy) is 1. The maximum atomic E-state index is 11.7. The molecule has 3 nitrogen and oxygen atoms in total. The maximum absolute atomic E-state index is 11.7. The number of amides is 1. The number of rotatable bonds is 6. The third kappa shape index (κ3) is 4.65. The van der Waals surface area contributed by atoms with Gasteiger partial charge in [-0.15, -0.1) is 0 Å². The summed E-state index contributed by atoms with van der Waals surface area (Å²) in [6.07, 6.45) is 5.18. The molecule has 1 atom stereocenters. The van der Waals surface area contributed by atoms with Crippen LogP contribution in [0.2, 0.25) is 0 Å². The van der Waals surface area contributed by atoms with Crippen molar-refractivity contribution < 1.29 is 9.53 Å². The Balaban J connectivity index is 2.13. The van der Waals surface area contributed by atoms with Crippen molar-refractivity contribution in [3.63, 3.8) is 0 Å². The molecule has 1 saturated heterocycles. The number of unbranched alkanes of at least 4 members (excludes halogenated alkanes) is 1. The van der Waals surface area contributed by atoms with Gasteiger partial charge >= 0.3 is 0 Å². The molecule has 0 aromatic carbocycles. The van der Waals surface area contributed by atoms with Gasteiger partial charge in [0.2, 0.25) is 5.91 Å². The van der Waals surface area contributed by atoms with Crippen LogP contribution in [-0.4, -0.2) is 36.6 Å². The highest BCUT2D eigenvalue weighted by Gasteiger charge is 2.19. The Kier molecular flexibility index (Phi) is 5.69. The first-order chi connectivity index (χ1) is 7.24. The number of nitrogens with zero attached hydrogens (tertiary/aromatic N) is 1. The number of hydrogen-bond acceptors (Lipinski definition) is 2. The predicted molar refractivity (Wildman–Crippen MR) is 60.8 cm³/mol. The van der Waals surface area contributed by atoms with Crippen LogP contribution < -0.4 is 0 Å². The summed E-state index contributed by atoms with van der Waals surface area (Å²) in [4.78, 5) is 13.7. The highest BCUT2D eigenvalue weighted by Crippen LogP contribution is 2.11. The highest BCUT2D eigenvalue weighted by atomic mass is 16.5. The highest BCUT2D eigenvalue weighted by molar-refractivity contribution is 5.76. The topological polar surface area (TPSA) is 29.5 Å². The second-order valence-corrected chi connectivity index (χ2v) is 4.33. The number of carbonyl (C=O) groups is 1. The summed E-state index contributed by atoms with van der Waals surface area (Å²) in [6.45, 7) is 6.80. The fourth-order valence-electron chi connectivity index (χ4n) is 1.83. The average Bonchev–Trinajstić information content (AvgIpc) is 2.70. The van der Waals surface area contributed by atoms with Crippen LogP contribution in [0.5, 0.6) is 0 Å². The molecule has 0 spiro atoms. The normalized spacial score (nSPS) is 18.1. The Morgan fingerprint density at radius 3 is 2.67 bits per heavy atom. The first-order valence-corrected chi connectivity index (χ1v) is 6.13. The van der Waals surface area contributed by atoms with E-state index in [1.54, 1.807) is 0 Å². The largest absolute Gasteiger partial charge is 0.378 e. The zero-order valence-electron chi connectivity index (χ0n) is 10.00. The maximum Gasteiger partial charge on any atom is 0.225 e. The van der Waals surface area contributed by atoms with Crippen LogP contribution in [0.1, 0.15) is 46.0 Å². The first kappa shape index (κ1) is 12.5. The van der Waals surface area contributed by atoms with Crippen LogP contribution in [-0.2, 0) is 9.53 Å². The molecule has 3 heteroatoms. The minimum Gasteiger partial charge on any atom is -0.378 e. The Labute approximate surface area is 92.8 Å². The van der Waals surface area contributed by atoms with Gasteiger partial charge in [0, 0.05) is 19.7 Å². The predicted octanol–water partition coefficient (Wildman–Crippen LogP) is 2.20. The van der Waals surface area contributed by atoms with Crippen molar-refractivity contribution in [2.45, 2.75) is 52.1 Å². The molecule has 1 amide bonds. The molecule has 0 saturated carbocycles. The first-order valence-electron chi connectivity index (χ1n) is 6.13. The van der Waals surface area contributed by atoms with Crippen LogP contribution in [0, 0.1) is 0 Å². The summed E-state index contributed by atoms with van der Waals surface area (Å²) < 4.78 is 5.57. The van der Waals surface area contributed by atoms with E-state index in [1.165, 1.54) is 0 Å². The molecule has 0 unspecified atom stereocenters. The Morgan fingerprint density at radius 1 is 1.40 bits per heavy atom. The molecule has 1 aliphatic heterocycles. The Morgan fingerprint density at radius 2 is 2.07 bits per heavy atom. The van der Waals surface area contributed by atoms with Crippen molar-refractivity contribution in [3.8, 4) is 0 Å². The fraction of sp³-hybridized carbons (Fsp3) is 0.917. The van der Waals surface area contributed by atoms with E-state index < -0.39 is 0 Å². The standard InChI is InChI=1S/C12H23NO2/c1-3-4-9-15-11(2)10-12(14)13-7-5-6-8-13/h11H,3-10H2,1-2H3/t11-/m1/s1. The van der Waals surface area contributed by atoms with Crippen LogP contribution in [0.4, 0.5) is 0 Å². The molecular weight excluding hydrogens is 190 g/mol. The van der Waals surface area contributed by atoms with E-state index in [1.807, 2.05) is 11.8 Å². The van der Waals surface area contributed by atoms with Crippen molar-refractivity contribution in [1.29, 1.82) is 0 Å². The monoisotopic (exact) mass is 213 g/mol. The molecule has 1 aliphatic rings. The van der Waals surface area contributed by atoms with Crippen molar-refractivity contribution in [2.24, 2.45) is 0 Å². The number of likely N-dealkylation sites (tertiary alicyclic amines) is 1. The zero-order chi connectivity index (χ0) is 11.1. The van der Waals surface area contributed by atoms with E-state index in [0.29, 0.717) is 6.42 Å². The van der Waals surface area contributed by atoms with Crippen molar-refractivity contribution in [3.05, 3.63) is 0 Å². The van der Waals surface area contributed by atoms with Gasteiger partial charge in [-0.3, -0.25) is 4.79 Å². The third-order valence-electron chi connectivity index (χ3n) is 2.82. The fourth-order valence-corrected chi connectivity index (χ4v) is 1.83. The quantitative estimate of drug-likeness (QED) is 0.633. The van der Waals surface area contributed by atoms with Gasteiger partial charge in [0.05, 0.1) is 12.5 Å². The third-order valence-corrected chi connectivity index (χ3v) is 2.82. The molecular formula is C12H23NO2. The molecule has 0 aromatic rings. The molecule has 1 heterocycles. The van der Waals surface area contributed by atoms with Crippen molar-refractivity contribution in [2.75, 3.05) is 19.7 Å². The average molecular weight is 213 g/mol. The second-order valence-electron chi connectivity index (χ2n) is 4.33. The van der Waals surface area contributed by atoms with Gasteiger partial charge in [-0.25, -0.2) is 0 Å². The molecule has 0 aliphatic carbocycles. The van der Waals surface area contributed by atoms with E-state index in [4.69, 9.17) is 4.74 Å². The van der Waals surface area contributed by atoms with E-state index in [0.717, 1.165) is 45.4 Å². The molecule has 1 rings (SSSR count). The lowest BCUT2D eigenvalue weighted by molar-refractivity contribution is -0.132. The number of carbonyl (C=O) groups excluding carboxylic acids is 1. The van der Waals surface area contributed by atoms with Crippen LogP contribution >= 0.6 is 0 Å². The summed E-state index contributed by atoms with van der Waals surface area (Å²) in [6, 6.07) is 0.